The number of nitrogens with two attached hydrogens (primary N) is 1. The van der Waals surface area contributed by atoms with Crippen LogP contribution in [0.5, 0.6) is 0 Å². The molecule has 0 heterocycles. The zero-order valence-corrected chi connectivity index (χ0v) is 19.4. The molecule has 30 heavy (non-hydrogen) atoms. The molecule has 0 saturated heterocycles. The third-order valence-electron chi connectivity index (χ3n) is 6.12. The van der Waals surface area contributed by atoms with Crippen LogP contribution in [0.15, 0.2) is 30.3 Å². The van der Waals surface area contributed by atoms with Gasteiger partial charge in [0.15, 0.2) is 0 Å². The lowest BCUT2D eigenvalue weighted by molar-refractivity contribution is -0.130. The van der Waals surface area contributed by atoms with Gasteiger partial charge < -0.3 is 10.8 Å². The summed E-state index contributed by atoms with van der Waals surface area (Å²) in [6.07, 6.45) is 7.66. The minimum atomic E-state index is -1.19. The van der Waals surface area contributed by atoms with Gasteiger partial charge in [-0.2, -0.15) is 0 Å². The van der Waals surface area contributed by atoms with Gasteiger partial charge >= 0.3 is 0 Å². The van der Waals surface area contributed by atoms with Crippen molar-refractivity contribution in [1.82, 2.24) is 5.43 Å². The number of nitrogens with zero attached hydrogens (tertiary/aromatic N) is 1. The molecular weight excluding hydrogens is 374 g/mol. The largest absolute Gasteiger partial charge is 0.382 e. The van der Waals surface area contributed by atoms with Gasteiger partial charge in [0.05, 0.1) is 5.69 Å². The van der Waals surface area contributed by atoms with Gasteiger partial charge in [0.25, 0.3) is 5.91 Å². The van der Waals surface area contributed by atoms with E-state index in [1.54, 1.807) is 0 Å². The number of carbonyl (C=O) groups is 1. The van der Waals surface area contributed by atoms with E-state index in [0.29, 0.717) is 24.8 Å². The highest BCUT2D eigenvalue weighted by Crippen LogP contribution is 2.28. The lowest BCUT2D eigenvalue weighted by Gasteiger charge is -2.31. The lowest BCUT2D eigenvalue weighted by Crippen LogP contribution is -2.53. The fourth-order valence-electron chi connectivity index (χ4n) is 4.68. The summed E-state index contributed by atoms with van der Waals surface area (Å²) in [6, 6.07) is 9.30. The van der Waals surface area contributed by atoms with E-state index in [1.807, 2.05) is 35.3 Å². The number of rotatable bonds is 10. The molecule has 1 saturated carbocycles. The molecule has 0 radical (unpaired) electrons. The Kier molecular flexibility index (Phi) is 9.63. The van der Waals surface area contributed by atoms with Gasteiger partial charge in [-0.15, -0.1) is 0 Å². The second-order valence-electron chi connectivity index (χ2n) is 10.5. The quantitative estimate of drug-likeness (QED) is 0.484. The van der Waals surface area contributed by atoms with Crippen molar-refractivity contribution in [1.29, 1.82) is 0 Å². The van der Waals surface area contributed by atoms with Gasteiger partial charge in [0, 0.05) is 12.6 Å². The van der Waals surface area contributed by atoms with Crippen molar-refractivity contribution in [3.8, 4) is 0 Å². The van der Waals surface area contributed by atoms with Crippen molar-refractivity contribution in [2.45, 2.75) is 91.2 Å². The molecule has 3 atom stereocenters. The van der Waals surface area contributed by atoms with E-state index in [0.717, 1.165) is 31.4 Å². The summed E-state index contributed by atoms with van der Waals surface area (Å²) in [5.74, 6) is 0.650. The summed E-state index contributed by atoms with van der Waals surface area (Å²) >= 11 is 0. The Morgan fingerprint density at radius 1 is 1.20 bits per heavy atom. The van der Waals surface area contributed by atoms with Crippen molar-refractivity contribution in [3.63, 3.8) is 0 Å². The van der Waals surface area contributed by atoms with E-state index >= 15 is 0 Å². The summed E-state index contributed by atoms with van der Waals surface area (Å²) in [4.78, 5) is 12.8. The second kappa shape index (κ2) is 11.7. The van der Waals surface area contributed by atoms with Crippen LogP contribution in [-0.2, 0) is 4.79 Å². The van der Waals surface area contributed by atoms with Crippen molar-refractivity contribution in [2.24, 2.45) is 23.0 Å². The number of aliphatic hydroxyl groups is 1. The molecule has 5 nitrogen and oxygen atoms in total. The van der Waals surface area contributed by atoms with Crippen molar-refractivity contribution < 1.29 is 9.90 Å². The van der Waals surface area contributed by atoms with Crippen LogP contribution in [0.4, 0.5) is 5.69 Å². The lowest BCUT2D eigenvalue weighted by atomic mass is 9.84. The second-order valence-corrected chi connectivity index (χ2v) is 10.5. The maximum Gasteiger partial charge on any atom is 0.268 e. The Bertz CT molecular complexity index is 623. The van der Waals surface area contributed by atoms with E-state index in [4.69, 9.17) is 5.73 Å². The normalized spacial score (nSPS) is 18.5. The summed E-state index contributed by atoms with van der Waals surface area (Å²) < 4.78 is 0. The Morgan fingerprint density at radius 3 is 2.43 bits per heavy atom. The first kappa shape index (κ1) is 24.7. The van der Waals surface area contributed by atoms with E-state index < -0.39 is 18.1 Å². The number of benzene rings is 1. The Labute approximate surface area is 183 Å². The van der Waals surface area contributed by atoms with Gasteiger partial charge in [-0.3, -0.25) is 15.2 Å². The van der Waals surface area contributed by atoms with E-state index in [9.17, 15) is 9.90 Å². The average molecular weight is 418 g/mol. The number of nitrogens with one attached hydrogen (secondary N) is 1. The van der Waals surface area contributed by atoms with Crippen LogP contribution in [0.1, 0.15) is 79.1 Å². The smallest absolute Gasteiger partial charge is 0.268 e. The summed E-state index contributed by atoms with van der Waals surface area (Å²) in [7, 11) is 0. The number of hydrazine groups is 1. The molecule has 1 aromatic carbocycles. The number of anilines is 1. The zero-order valence-electron chi connectivity index (χ0n) is 19.4. The predicted molar refractivity (Wildman–Crippen MR) is 125 cm³/mol. The molecule has 0 spiro atoms. The van der Waals surface area contributed by atoms with Crippen LogP contribution in [-0.4, -0.2) is 29.7 Å². The molecule has 2 rings (SSSR count). The summed E-state index contributed by atoms with van der Waals surface area (Å²) in [5.41, 5.74) is 10.4. The monoisotopic (exact) mass is 417 g/mol. The number of carbonyl (C=O) groups excluding carboxylic acids is 1. The minimum absolute atomic E-state index is 0.280. The van der Waals surface area contributed by atoms with Gasteiger partial charge in [0.1, 0.15) is 6.10 Å². The molecule has 1 fully saturated rings. The maximum absolute atomic E-state index is 12.8. The molecule has 0 aliphatic heterocycles. The highest BCUT2D eigenvalue weighted by atomic mass is 16.3. The Morgan fingerprint density at radius 2 is 1.83 bits per heavy atom. The third kappa shape index (κ3) is 8.65. The first-order chi connectivity index (χ1) is 14.2. The Balaban J connectivity index is 1.95. The topological polar surface area (TPSA) is 78.6 Å². The van der Waals surface area contributed by atoms with Crippen LogP contribution in [0.25, 0.3) is 0 Å². The van der Waals surface area contributed by atoms with Crippen molar-refractivity contribution in [3.05, 3.63) is 30.3 Å². The molecule has 4 N–H and O–H groups in total. The highest BCUT2D eigenvalue weighted by Gasteiger charge is 2.28. The molecule has 5 heteroatoms. The van der Waals surface area contributed by atoms with E-state index in [1.165, 1.54) is 19.3 Å². The number of hydrogen-bond donors (Lipinski definition) is 3. The predicted octanol–water partition coefficient (Wildman–Crippen LogP) is 4.65. The van der Waals surface area contributed by atoms with Crippen LogP contribution in [0, 0.1) is 17.3 Å². The minimum Gasteiger partial charge on any atom is -0.382 e. The van der Waals surface area contributed by atoms with E-state index in [-0.39, 0.29) is 5.41 Å². The number of para-hydroxylation sites is 1. The van der Waals surface area contributed by atoms with Crippen LogP contribution < -0.4 is 16.2 Å². The highest BCUT2D eigenvalue weighted by molar-refractivity contribution is 5.82. The van der Waals surface area contributed by atoms with Gasteiger partial charge in [-0.25, -0.2) is 0 Å². The van der Waals surface area contributed by atoms with Crippen LogP contribution in [0.3, 0.4) is 0 Å². The van der Waals surface area contributed by atoms with Gasteiger partial charge in [-0.05, 0) is 48.6 Å². The van der Waals surface area contributed by atoms with Crippen LogP contribution >= 0.6 is 0 Å². The van der Waals surface area contributed by atoms with Crippen molar-refractivity contribution in [2.75, 3.05) is 11.6 Å². The number of amides is 1. The Hall–Kier alpha value is -1.59. The molecule has 1 amide bonds. The third-order valence-corrected chi connectivity index (χ3v) is 6.12. The molecule has 0 aromatic heterocycles. The van der Waals surface area contributed by atoms with Crippen molar-refractivity contribution >= 4 is 11.6 Å². The molecule has 1 aliphatic rings. The number of hydrogen-bond acceptors (Lipinski definition) is 4. The molecule has 1 aromatic rings. The SMILES string of the molecule is CC(CCN(NC(=O)C(O)C(N)CC1CCCCC1)c1ccccc1)CC(C)(C)C. The first-order valence-corrected chi connectivity index (χ1v) is 11.7. The van der Waals surface area contributed by atoms with Gasteiger partial charge in [-0.1, -0.05) is 78.0 Å². The fourth-order valence-corrected chi connectivity index (χ4v) is 4.68. The number of aliphatic hydroxyl groups excluding tert-OH is 1. The standard InChI is InChI=1S/C25H43N3O2/c1-19(18-25(2,3)4)15-16-28(21-13-9-6-10-14-21)27-24(30)23(29)22(26)17-20-11-7-5-8-12-20/h6,9-10,13-14,19-20,22-23,29H,5,7-8,11-12,15-18,26H2,1-4H3,(H,27,30). The molecule has 3 unspecified atom stereocenters. The van der Waals surface area contributed by atoms with Gasteiger partial charge in [0.2, 0.25) is 0 Å². The van der Waals surface area contributed by atoms with Crippen LogP contribution in [0.2, 0.25) is 0 Å². The fraction of sp³-hybridized carbons (Fsp3) is 0.720. The molecule has 0 bridgehead atoms. The molecular formula is C25H43N3O2. The average Bonchev–Trinajstić information content (AvgIpc) is 2.70. The summed E-state index contributed by atoms with van der Waals surface area (Å²) in [6.45, 7) is 9.71. The first-order valence-electron chi connectivity index (χ1n) is 11.7. The zero-order chi connectivity index (χ0) is 22.1. The maximum atomic E-state index is 12.8. The summed E-state index contributed by atoms with van der Waals surface area (Å²) in [5, 5.41) is 12.4. The molecule has 170 valence electrons. The van der Waals surface area contributed by atoms with E-state index in [2.05, 4.69) is 33.1 Å². The molecule has 1 aliphatic carbocycles.